The Hall–Kier alpha value is -1.35. The largest absolute Gasteiger partial charge is 0.331 e. The minimum atomic E-state index is 0.649. The van der Waals surface area contributed by atoms with Crippen LogP contribution in [0.4, 0.5) is 0 Å². The third-order valence-electron chi connectivity index (χ3n) is 3.84. The van der Waals surface area contributed by atoms with Crippen molar-refractivity contribution in [3.63, 3.8) is 0 Å². The molecule has 1 aromatic carbocycles. The van der Waals surface area contributed by atoms with E-state index in [0.717, 1.165) is 25.0 Å². The first-order chi connectivity index (χ1) is 8.65. The molecule has 3 nitrogen and oxygen atoms in total. The number of hydrogen-bond acceptors (Lipinski definition) is 2. The molecule has 0 unspecified atom stereocenters. The number of fused-ring (bicyclic) bond motifs is 1. The fraction of sp³-hybridized carbons (Fsp3) is 0.533. The van der Waals surface area contributed by atoms with Gasteiger partial charge in [-0.15, -0.1) is 0 Å². The van der Waals surface area contributed by atoms with Crippen LogP contribution in [0.15, 0.2) is 18.2 Å². The lowest BCUT2D eigenvalue weighted by atomic mass is 9.93. The number of nitrogens with one attached hydrogen (secondary N) is 1. The highest BCUT2D eigenvalue weighted by molar-refractivity contribution is 5.77. The van der Waals surface area contributed by atoms with Crippen LogP contribution in [-0.2, 0) is 13.5 Å². The van der Waals surface area contributed by atoms with Crippen molar-refractivity contribution >= 4 is 11.0 Å². The molecule has 0 aliphatic carbocycles. The zero-order chi connectivity index (χ0) is 12.7. The molecule has 1 saturated heterocycles. The summed E-state index contributed by atoms with van der Waals surface area (Å²) in [6.45, 7) is 6.71. The van der Waals surface area contributed by atoms with Crippen LogP contribution in [0.2, 0.25) is 0 Å². The van der Waals surface area contributed by atoms with Crippen molar-refractivity contribution in [3.05, 3.63) is 29.6 Å². The van der Waals surface area contributed by atoms with Crippen molar-refractivity contribution in [1.29, 1.82) is 0 Å². The summed E-state index contributed by atoms with van der Waals surface area (Å²) in [4.78, 5) is 4.74. The standard InChI is InChI=1S/C15H21N3/c1-10(2)6-15-17-13-5-4-11(12-8-16-9-12)7-14(13)18(15)3/h4-5,7,10,12,16H,6,8-9H2,1-3H3. The molecule has 3 heteroatoms. The maximum atomic E-state index is 4.74. The predicted molar refractivity (Wildman–Crippen MR) is 74.9 cm³/mol. The van der Waals surface area contributed by atoms with Crippen LogP contribution in [-0.4, -0.2) is 22.6 Å². The van der Waals surface area contributed by atoms with E-state index in [1.807, 2.05) is 0 Å². The quantitative estimate of drug-likeness (QED) is 0.897. The Bertz CT molecular complexity index is 564. The number of nitrogens with zero attached hydrogens (tertiary/aromatic N) is 2. The minimum Gasteiger partial charge on any atom is -0.331 e. The molecule has 0 bridgehead atoms. The van der Waals surface area contributed by atoms with Gasteiger partial charge in [0.15, 0.2) is 0 Å². The summed E-state index contributed by atoms with van der Waals surface area (Å²) < 4.78 is 2.25. The van der Waals surface area contributed by atoms with Gasteiger partial charge in [0.25, 0.3) is 0 Å². The Morgan fingerprint density at radius 2 is 2.17 bits per heavy atom. The maximum Gasteiger partial charge on any atom is 0.109 e. The Labute approximate surface area is 108 Å². The van der Waals surface area contributed by atoms with Gasteiger partial charge in [-0.3, -0.25) is 0 Å². The van der Waals surface area contributed by atoms with E-state index >= 15 is 0 Å². The normalized spacial score (nSPS) is 16.4. The monoisotopic (exact) mass is 243 g/mol. The Morgan fingerprint density at radius 1 is 1.39 bits per heavy atom. The molecule has 0 spiro atoms. The molecule has 0 saturated carbocycles. The zero-order valence-corrected chi connectivity index (χ0v) is 11.4. The number of rotatable bonds is 3. The molecule has 96 valence electrons. The van der Waals surface area contributed by atoms with Crippen LogP contribution in [0, 0.1) is 5.92 Å². The Kier molecular flexibility index (Phi) is 2.86. The van der Waals surface area contributed by atoms with Crippen molar-refractivity contribution in [2.24, 2.45) is 13.0 Å². The van der Waals surface area contributed by atoms with Crippen molar-refractivity contribution in [2.45, 2.75) is 26.2 Å². The predicted octanol–water partition coefficient (Wildman–Crippen LogP) is 2.46. The van der Waals surface area contributed by atoms with E-state index in [1.165, 1.54) is 16.9 Å². The van der Waals surface area contributed by atoms with Crippen LogP contribution in [0.3, 0.4) is 0 Å². The van der Waals surface area contributed by atoms with Gasteiger partial charge in [-0.25, -0.2) is 4.98 Å². The second kappa shape index (κ2) is 4.39. The molecule has 1 fully saturated rings. The molecule has 2 aromatic rings. The molecule has 0 atom stereocenters. The van der Waals surface area contributed by atoms with E-state index in [2.05, 4.69) is 49.0 Å². The molecular weight excluding hydrogens is 222 g/mol. The van der Waals surface area contributed by atoms with Gasteiger partial charge in [-0.1, -0.05) is 19.9 Å². The average Bonchev–Trinajstić information content (AvgIpc) is 2.53. The lowest BCUT2D eigenvalue weighted by molar-refractivity contribution is 0.448. The summed E-state index contributed by atoms with van der Waals surface area (Å²) in [7, 11) is 2.13. The topological polar surface area (TPSA) is 29.9 Å². The number of benzene rings is 1. The lowest BCUT2D eigenvalue weighted by Crippen LogP contribution is -2.39. The third-order valence-corrected chi connectivity index (χ3v) is 3.84. The van der Waals surface area contributed by atoms with Crippen LogP contribution < -0.4 is 5.32 Å². The molecule has 1 aliphatic rings. The van der Waals surface area contributed by atoms with Gasteiger partial charge in [0.05, 0.1) is 11.0 Å². The maximum absolute atomic E-state index is 4.74. The van der Waals surface area contributed by atoms with Crippen molar-refractivity contribution < 1.29 is 0 Å². The van der Waals surface area contributed by atoms with Crippen molar-refractivity contribution in [2.75, 3.05) is 13.1 Å². The second-order valence-corrected chi connectivity index (χ2v) is 5.79. The number of aromatic nitrogens is 2. The van der Waals surface area contributed by atoms with Gasteiger partial charge in [-0.05, 0) is 23.6 Å². The number of aryl methyl sites for hydroxylation is 1. The van der Waals surface area contributed by atoms with Gasteiger partial charge < -0.3 is 9.88 Å². The highest BCUT2D eigenvalue weighted by atomic mass is 15.1. The summed E-state index contributed by atoms with van der Waals surface area (Å²) in [5, 5.41) is 3.33. The summed E-state index contributed by atoms with van der Waals surface area (Å²) in [5.74, 6) is 2.54. The third kappa shape index (κ3) is 1.93. The summed E-state index contributed by atoms with van der Waals surface area (Å²) >= 11 is 0. The van der Waals surface area contributed by atoms with Crippen LogP contribution >= 0.6 is 0 Å². The lowest BCUT2D eigenvalue weighted by Gasteiger charge is -2.27. The fourth-order valence-electron chi connectivity index (χ4n) is 2.58. The average molecular weight is 243 g/mol. The van der Waals surface area contributed by atoms with Crippen LogP contribution in [0.5, 0.6) is 0 Å². The minimum absolute atomic E-state index is 0.649. The highest BCUT2D eigenvalue weighted by Crippen LogP contribution is 2.25. The van der Waals surface area contributed by atoms with E-state index in [9.17, 15) is 0 Å². The van der Waals surface area contributed by atoms with Crippen LogP contribution in [0.1, 0.15) is 31.2 Å². The summed E-state index contributed by atoms with van der Waals surface area (Å²) in [6, 6.07) is 6.73. The number of imidazole rings is 1. The molecular formula is C15H21N3. The molecule has 1 N–H and O–H groups in total. The second-order valence-electron chi connectivity index (χ2n) is 5.79. The fourth-order valence-corrected chi connectivity index (χ4v) is 2.58. The van der Waals surface area contributed by atoms with E-state index in [0.29, 0.717) is 11.8 Å². The molecule has 18 heavy (non-hydrogen) atoms. The van der Waals surface area contributed by atoms with Crippen LogP contribution in [0.25, 0.3) is 11.0 Å². The molecule has 2 heterocycles. The zero-order valence-electron chi connectivity index (χ0n) is 11.4. The Balaban J connectivity index is 2.01. The van der Waals surface area contributed by atoms with Gasteiger partial charge in [0.2, 0.25) is 0 Å². The van der Waals surface area contributed by atoms with Gasteiger partial charge in [-0.2, -0.15) is 0 Å². The Morgan fingerprint density at radius 3 is 2.78 bits per heavy atom. The molecule has 0 amide bonds. The van der Waals surface area contributed by atoms with E-state index in [4.69, 9.17) is 4.98 Å². The van der Waals surface area contributed by atoms with Gasteiger partial charge in [0.1, 0.15) is 5.82 Å². The number of hydrogen-bond donors (Lipinski definition) is 1. The van der Waals surface area contributed by atoms with E-state index < -0.39 is 0 Å². The first-order valence-electron chi connectivity index (χ1n) is 6.81. The summed E-state index contributed by atoms with van der Waals surface area (Å²) in [6.07, 6.45) is 1.05. The van der Waals surface area contributed by atoms with E-state index in [-0.39, 0.29) is 0 Å². The highest BCUT2D eigenvalue weighted by Gasteiger charge is 2.20. The molecule has 1 aromatic heterocycles. The van der Waals surface area contributed by atoms with Gasteiger partial charge in [0, 0.05) is 32.5 Å². The molecule has 3 rings (SSSR count). The smallest absolute Gasteiger partial charge is 0.109 e. The molecule has 1 aliphatic heterocycles. The first kappa shape index (κ1) is 11.7. The summed E-state index contributed by atoms with van der Waals surface area (Å²) in [5.41, 5.74) is 3.85. The van der Waals surface area contributed by atoms with Crippen molar-refractivity contribution in [3.8, 4) is 0 Å². The SMILES string of the molecule is CC(C)Cc1nc2ccc(C3CNC3)cc2n1C. The van der Waals surface area contributed by atoms with Crippen molar-refractivity contribution in [1.82, 2.24) is 14.9 Å². The molecule has 0 radical (unpaired) electrons. The van der Waals surface area contributed by atoms with E-state index in [1.54, 1.807) is 0 Å². The first-order valence-corrected chi connectivity index (χ1v) is 6.81. The van der Waals surface area contributed by atoms with Gasteiger partial charge >= 0.3 is 0 Å².